The van der Waals surface area contributed by atoms with Crippen LogP contribution in [0.5, 0.6) is 5.75 Å². The van der Waals surface area contributed by atoms with Crippen LogP contribution < -0.4 is 9.64 Å². The van der Waals surface area contributed by atoms with Crippen molar-refractivity contribution in [1.82, 2.24) is 9.80 Å². The van der Waals surface area contributed by atoms with E-state index in [1.165, 1.54) is 0 Å². The average molecular weight is 345 g/mol. The Morgan fingerprint density at radius 1 is 1.24 bits per heavy atom. The summed E-state index contributed by atoms with van der Waals surface area (Å²) in [6.07, 6.45) is 1.000. The number of amides is 1. The fourth-order valence-corrected chi connectivity index (χ4v) is 4.22. The monoisotopic (exact) mass is 345 g/mol. The lowest BCUT2D eigenvalue weighted by molar-refractivity contribution is -0.136. The van der Waals surface area contributed by atoms with Crippen molar-refractivity contribution in [2.45, 2.75) is 32.7 Å². The summed E-state index contributed by atoms with van der Waals surface area (Å²) in [4.78, 5) is 19.8. The van der Waals surface area contributed by atoms with Crippen molar-refractivity contribution in [3.8, 4) is 5.75 Å². The molecule has 138 valence electrons. The zero-order valence-electron chi connectivity index (χ0n) is 16.0. The number of rotatable bonds is 4. The summed E-state index contributed by atoms with van der Waals surface area (Å²) in [5.41, 5.74) is 0.992. The maximum absolute atomic E-state index is 13.0. The zero-order valence-corrected chi connectivity index (χ0v) is 16.0. The molecule has 2 fully saturated rings. The van der Waals surface area contributed by atoms with Crippen LogP contribution in [0.2, 0.25) is 0 Å². The number of piperazine rings is 1. The van der Waals surface area contributed by atoms with Crippen LogP contribution in [0.1, 0.15) is 27.2 Å². The molecule has 1 atom stereocenters. The Kier molecular flexibility index (Phi) is 5.23. The lowest BCUT2D eigenvalue weighted by Crippen LogP contribution is -2.61. The molecule has 2 aliphatic rings. The molecule has 0 aromatic heterocycles. The standard InChI is InChI=1S/C20H31N3O2/c1-5-21-11-10-16(14-21)19(24)22-12-13-23(20(2,3)15-22)17-8-6-7-9-18(17)25-4/h6-9,16H,5,10-15H2,1-4H3. The molecule has 0 N–H and O–H groups in total. The molecule has 0 spiro atoms. The molecule has 3 rings (SSSR count). The minimum absolute atomic E-state index is 0.119. The average Bonchev–Trinajstić information content (AvgIpc) is 3.09. The van der Waals surface area contributed by atoms with Crippen LogP contribution in [-0.4, -0.2) is 67.6 Å². The van der Waals surface area contributed by atoms with Gasteiger partial charge in [0.1, 0.15) is 5.75 Å². The van der Waals surface area contributed by atoms with Crippen molar-refractivity contribution in [2.24, 2.45) is 5.92 Å². The van der Waals surface area contributed by atoms with Gasteiger partial charge in [-0.15, -0.1) is 0 Å². The Hall–Kier alpha value is -1.75. The fraction of sp³-hybridized carbons (Fsp3) is 0.650. The Bertz CT molecular complexity index is 617. The van der Waals surface area contributed by atoms with E-state index in [0.717, 1.165) is 57.1 Å². The summed E-state index contributed by atoms with van der Waals surface area (Å²) in [5, 5.41) is 0. The molecule has 5 heteroatoms. The summed E-state index contributed by atoms with van der Waals surface area (Å²) < 4.78 is 5.54. The quantitative estimate of drug-likeness (QED) is 0.840. The Labute approximate surface area is 151 Å². The van der Waals surface area contributed by atoms with Crippen LogP contribution in [0, 0.1) is 5.92 Å². The normalized spacial score (nSPS) is 23.8. The van der Waals surface area contributed by atoms with Crippen LogP contribution in [0.25, 0.3) is 0 Å². The number of methoxy groups -OCH3 is 1. The molecule has 2 aliphatic heterocycles. The van der Waals surface area contributed by atoms with Gasteiger partial charge in [-0.05, 0) is 45.5 Å². The third kappa shape index (κ3) is 3.61. The van der Waals surface area contributed by atoms with Gasteiger partial charge in [-0.2, -0.15) is 0 Å². The van der Waals surface area contributed by atoms with Gasteiger partial charge in [0.05, 0.1) is 24.3 Å². The number of anilines is 1. The van der Waals surface area contributed by atoms with E-state index in [-0.39, 0.29) is 11.5 Å². The molecule has 5 nitrogen and oxygen atoms in total. The second-order valence-corrected chi connectivity index (χ2v) is 7.77. The van der Waals surface area contributed by atoms with Gasteiger partial charge >= 0.3 is 0 Å². The van der Waals surface area contributed by atoms with Crippen LogP contribution in [-0.2, 0) is 4.79 Å². The van der Waals surface area contributed by atoms with Gasteiger partial charge in [0.25, 0.3) is 0 Å². The molecule has 2 saturated heterocycles. The molecular weight excluding hydrogens is 314 g/mol. The number of ether oxygens (including phenoxy) is 1. The fourth-order valence-electron chi connectivity index (χ4n) is 4.22. The molecule has 1 aromatic carbocycles. The van der Waals surface area contributed by atoms with Gasteiger partial charge in [0.15, 0.2) is 0 Å². The highest BCUT2D eigenvalue weighted by Gasteiger charge is 2.39. The lowest BCUT2D eigenvalue weighted by Gasteiger charge is -2.49. The van der Waals surface area contributed by atoms with E-state index in [4.69, 9.17) is 4.74 Å². The molecular formula is C20H31N3O2. The first-order chi connectivity index (χ1) is 12.0. The second kappa shape index (κ2) is 7.24. The van der Waals surface area contributed by atoms with Gasteiger partial charge < -0.3 is 19.4 Å². The van der Waals surface area contributed by atoms with Gasteiger partial charge in [-0.1, -0.05) is 19.1 Å². The van der Waals surface area contributed by atoms with Crippen LogP contribution >= 0.6 is 0 Å². The minimum atomic E-state index is -0.119. The maximum atomic E-state index is 13.0. The van der Waals surface area contributed by atoms with E-state index in [0.29, 0.717) is 5.91 Å². The molecule has 1 aromatic rings. The lowest BCUT2D eigenvalue weighted by atomic mass is 9.96. The highest BCUT2D eigenvalue weighted by molar-refractivity contribution is 5.80. The largest absolute Gasteiger partial charge is 0.495 e. The summed E-state index contributed by atoms with van der Waals surface area (Å²) in [5.74, 6) is 1.40. The van der Waals surface area contributed by atoms with E-state index in [2.05, 4.69) is 41.5 Å². The van der Waals surface area contributed by atoms with Crippen LogP contribution in [0.3, 0.4) is 0 Å². The van der Waals surface area contributed by atoms with E-state index >= 15 is 0 Å². The Balaban J connectivity index is 1.71. The highest BCUT2D eigenvalue weighted by atomic mass is 16.5. The Morgan fingerprint density at radius 3 is 2.64 bits per heavy atom. The molecule has 2 heterocycles. The SMILES string of the molecule is CCN1CCC(C(=O)N2CCN(c3ccccc3OC)C(C)(C)C2)C1. The van der Waals surface area contributed by atoms with Crippen molar-refractivity contribution in [2.75, 3.05) is 51.3 Å². The molecule has 1 amide bonds. The van der Waals surface area contributed by atoms with E-state index in [1.807, 2.05) is 18.2 Å². The molecule has 0 aliphatic carbocycles. The number of likely N-dealkylation sites (tertiary alicyclic amines) is 1. The van der Waals surface area contributed by atoms with Crippen molar-refractivity contribution < 1.29 is 9.53 Å². The van der Waals surface area contributed by atoms with Crippen molar-refractivity contribution >= 4 is 11.6 Å². The van der Waals surface area contributed by atoms with E-state index in [9.17, 15) is 4.79 Å². The minimum Gasteiger partial charge on any atom is -0.495 e. The molecule has 0 radical (unpaired) electrons. The maximum Gasteiger partial charge on any atom is 0.227 e. The van der Waals surface area contributed by atoms with Gasteiger partial charge in [-0.3, -0.25) is 4.79 Å². The molecule has 0 bridgehead atoms. The number of carbonyl (C=O) groups excluding carboxylic acids is 1. The van der Waals surface area contributed by atoms with Crippen molar-refractivity contribution in [1.29, 1.82) is 0 Å². The predicted octanol–water partition coefficient (Wildman–Crippen LogP) is 2.46. The number of carbonyl (C=O) groups is 1. The number of hydrogen-bond acceptors (Lipinski definition) is 4. The van der Waals surface area contributed by atoms with Gasteiger partial charge in [0, 0.05) is 26.2 Å². The van der Waals surface area contributed by atoms with Crippen LogP contribution in [0.15, 0.2) is 24.3 Å². The van der Waals surface area contributed by atoms with E-state index < -0.39 is 0 Å². The summed E-state index contributed by atoms with van der Waals surface area (Å²) in [7, 11) is 1.71. The first kappa shape index (κ1) is 18.1. The predicted molar refractivity (Wildman–Crippen MR) is 101 cm³/mol. The van der Waals surface area contributed by atoms with Gasteiger partial charge in [0.2, 0.25) is 5.91 Å². The molecule has 25 heavy (non-hydrogen) atoms. The summed E-state index contributed by atoms with van der Waals surface area (Å²) in [6.45, 7) is 12.0. The topological polar surface area (TPSA) is 36.0 Å². The number of para-hydroxylation sites is 2. The molecule has 0 saturated carbocycles. The third-order valence-corrected chi connectivity index (χ3v) is 5.66. The number of hydrogen-bond donors (Lipinski definition) is 0. The highest BCUT2D eigenvalue weighted by Crippen LogP contribution is 2.35. The summed E-state index contributed by atoms with van der Waals surface area (Å²) >= 11 is 0. The first-order valence-corrected chi connectivity index (χ1v) is 9.38. The van der Waals surface area contributed by atoms with Crippen LogP contribution in [0.4, 0.5) is 5.69 Å². The first-order valence-electron chi connectivity index (χ1n) is 9.38. The summed E-state index contributed by atoms with van der Waals surface area (Å²) in [6, 6.07) is 8.15. The van der Waals surface area contributed by atoms with Crippen molar-refractivity contribution in [3.05, 3.63) is 24.3 Å². The third-order valence-electron chi connectivity index (χ3n) is 5.66. The van der Waals surface area contributed by atoms with Crippen molar-refractivity contribution in [3.63, 3.8) is 0 Å². The zero-order chi connectivity index (χ0) is 18.0. The Morgan fingerprint density at radius 2 is 2.00 bits per heavy atom. The van der Waals surface area contributed by atoms with E-state index in [1.54, 1.807) is 7.11 Å². The number of nitrogens with zero attached hydrogens (tertiary/aromatic N) is 3. The smallest absolute Gasteiger partial charge is 0.227 e. The van der Waals surface area contributed by atoms with Gasteiger partial charge in [-0.25, -0.2) is 0 Å². The number of benzene rings is 1. The molecule has 1 unspecified atom stereocenters. The second-order valence-electron chi connectivity index (χ2n) is 7.77.